The summed E-state index contributed by atoms with van der Waals surface area (Å²) in [7, 11) is 0. The van der Waals surface area contributed by atoms with Gasteiger partial charge in [0.2, 0.25) is 0 Å². The van der Waals surface area contributed by atoms with Gasteiger partial charge in [0.15, 0.2) is 11.6 Å². The Morgan fingerprint density at radius 1 is 1.14 bits per heavy atom. The van der Waals surface area contributed by atoms with Gasteiger partial charge in [0.25, 0.3) is 0 Å². The Morgan fingerprint density at radius 2 is 1.89 bits per heavy atom. The summed E-state index contributed by atoms with van der Waals surface area (Å²) in [6, 6.07) is 8.17. The van der Waals surface area contributed by atoms with Crippen LogP contribution in [0.3, 0.4) is 0 Å². The van der Waals surface area contributed by atoms with Crippen LogP contribution < -0.4 is 11.1 Å². The van der Waals surface area contributed by atoms with E-state index < -0.39 is 35.4 Å². The summed E-state index contributed by atoms with van der Waals surface area (Å²) < 4.78 is 40.7. The Hall–Kier alpha value is -2.80. The summed E-state index contributed by atoms with van der Waals surface area (Å²) >= 11 is 0. The molecule has 0 bridgehead atoms. The highest BCUT2D eigenvalue weighted by atomic mass is 19.2. The zero-order valence-electron chi connectivity index (χ0n) is 15.1. The molecule has 4 N–H and O–H groups in total. The maximum absolute atomic E-state index is 14.0. The van der Waals surface area contributed by atoms with Crippen molar-refractivity contribution in [2.75, 3.05) is 11.9 Å². The summed E-state index contributed by atoms with van der Waals surface area (Å²) in [6.45, 7) is 0.511. The molecule has 0 amide bonds. The molecule has 0 fully saturated rings. The number of anilines is 1. The van der Waals surface area contributed by atoms with Crippen molar-refractivity contribution in [1.29, 1.82) is 0 Å². The molecule has 0 heterocycles. The summed E-state index contributed by atoms with van der Waals surface area (Å²) in [5.74, 6) is -4.39. The van der Waals surface area contributed by atoms with Crippen LogP contribution in [0.15, 0.2) is 48.0 Å². The lowest BCUT2D eigenvalue weighted by Gasteiger charge is -2.29. The molecule has 2 aromatic carbocycles. The number of nitrogens with one attached hydrogen (secondary N) is 1. The molecular weight excluding hydrogens is 369 g/mol. The van der Waals surface area contributed by atoms with Gasteiger partial charge >= 0.3 is 5.97 Å². The Morgan fingerprint density at radius 3 is 2.61 bits per heavy atom. The van der Waals surface area contributed by atoms with Crippen LogP contribution in [0.1, 0.15) is 29.9 Å². The van der Waals surface area contributed by atoms with Gasteiger partial charge in [-0.2, -0.15) is 0 Å². The third kappa shape index (κ3) is 4.72. The van der Waals surface area contributed by atoms with Crippen molar-refractivity contribution in [3.8, 4) is 0 Å². The average Bonchev–Trinajstić information content (AvgIpc) is 2.63. The lowest BCUT2D eigenvalue weighted by Crippen LogP contribution is -2.33. The fourth-order valence-electron chi connectivity index (χ4n) is 3.50. The van der Waals surface area contributed by atoms with Crippen LogP contribution >= 0.6 is 0 Å². The average molecular weight is 390 g/mol. The van der Waals surface area contributed by atoms with Crippen LogP contribution in [-0.2, 0) is 11.2 Å². The van der Waals surface area contributed by atoms with Crippen molar-refractivity contribution in [2.24, 2.45) is 5.73 Å². The maximum Gasteiger partial charge on any atom is 0.307 e. The number of carbonyl (C=O) groups is 1. The second-order valence-corrected chi connectivity index (χ2v) is 6.98. The standard InChI is InChI=1S/C21H21F3N2O2/c22-17-10-19(24)18(23)9-16(17)15-5-4-13(7-20(15)25)11-26-14-3-1-2-12(6-14)8-21(27)28/h1-4,6,9-10,15,20,26H,5,7-8,11,25H2,(H,27,28)/t15-,20+/m1/s1. The van der Waals surface area contributed by atoms with Crippen LogP contribution in [0, 0.1) is 17.5 Å². The minimum atomic E-state index is -1.21. The van der Waals surface area contributed by atoms with Crippen LogP contribution in [0.2, 0.25) is 0 Å². The third-order valence-corrected chi connectivity index (χ3v) is 4.92. The minimum absolute atomic E-state index is 0.0510. The first kappa shape index (κ1) is 19.9. The lowest BCUT2D eigenvalue weighted by molar-refractivity contribution is -0.136. The SMILES string of the molecule is N[C@H]1CC(CNc2cccc(CC(=O)O)c2)=CC[C@@H]1c1cc(F)c(F)cc1F. The molecule has 0 spiro atoms. The van der Waals surface area contributed by atoms with Gasteiger partial charge < -0.3 is 16.2 Å². The third-order valence-electron chi connectivity index (χ3n) is 4.92. The molecule has 0 saturated carbocycles. The molecule has 0 aromatic heterocycles. The molecule has 1 aliphatic rings. The van der Waals surface area contributed by atoms with Crippen molar-refractivity contribution < 1.29 is 23.1 Å². The molecular formula is C21H21F3N2O2. The van der Waals surface area contributed by atoms with Gasteiger partial charge in [-0.25, -0.2) is 13.2 Å². The number of carboxylic acid groups (broad SMARTS) is 1. The zero-order chi connectivity index (χ0) is 20.3. The molecule has 3 rings (SSSR count). The van der Waals surface area contributed by atoms with E-state index in [9.17, 15) is 18.0 Å². The Bertz CT molecular complexity index is 915. The molecule has 1 aliphatic carbocycles. The van der Waals surface area contributed by atoms with Crippen LogP contribution in [0.5, 0.6) is 0 Å². The first-order valence-electron chi connectivity index (χ1n) is 8.96. The summed E-state index contributed by atoms with van der Waals surface area (Å²) in [6.07, 6.45) is 2.80. The van der Waals surface area contributed by atoms with Gasteiger partial charge in [0, 0.05) is 30.3 Å². The van der Waals surface area contributed by atoms with Crippen molar-refractivity contribution >= 4 is 11.7 Å². The van der Waals surface area contributed by atoms with E-state index >= 15 is 0 Å². The topological polar surface area (TPSA) is 75.3 Å². The van der Waals surface area contributed by atoms with Gasteiger partial charge in [-0.15, -0.1) is 0 Å². The molecule has 7 heteroatoms. The van der Waals surface area contributed by atoms with E-state index in [4.69, 9.17) is 10.8 Å². The zero-order valence-corrected chi connectivity index (χ0v) is 15.1. The van der Waals surface area contributed by atoms with E-state index in [-0.39, 0.29) is 12.0 Å². The van der Waals surface area contributed by atoms with Crippen molar-refractivity contribution in [1.82, 2.24) is 0 Å². The van der Waals surface area contributed by atoms with E-state index in [1.165, 1.54) is 0 Å². The number of hydrogen-bond acceptors (Lipinski definition) is 3. The molecule has 28 heavy (non-hydrogen) atoms. The second kappa shape index (κ2) is 8.48. The van der Waals surface area contributed by atoms with Crippen LogP contribution in [0.25, 0.3) is 0 Å². The van der Waals surface area contributed by atoms with Crippen LogP contribution in [0.4, 0.5) is 18.9 Å². The second-order valence-electron chi connectivity index (χ2n) is 6.98. The summed E-state index contributed by atoms with van der Waals surface area (Å²) in [5, 5.41) is 12.1. The number of halogens is 3. The predicted molar refractivity (Wildman–Crippen MR) is 101 cm³/mol. The van der Waals surface area contributed by atoms with Gasteiger partial charge in [0.05, 0.1) is 6.42 Å². The summed E-state index contributed by atoms with van der Waals surface area (Å²) in [4.78, 5) is 10.8. The molecule has 0 unspecified atom stereocenters. The van der Waals surface area contributed by atoms with E-state index in [1.807, 2.05) is 12.1 Å². The van der Waals surface area contributed by atoms with Gasteiger partial charge in [-0.3, -0.25) is 4.79 Å². The molecule has 0 radical (unpaired) electrons. The molecule has 2 atom stereocenters. The van der Waals surface area contributed by atoms with Crippen molar-refractivity contribution in [3.05, 3.63) is 76.6 Å². The van der Waals surface area contributed by atoms with Gasteiger partial charge in [0.1, 0.15) is 5.82 Å². The first-order valence-corrected chi connectivity index (χ1v) is 8.96. The number of hydrogen-bond donors (Lipinski definition) is 3. The first-order chi connectivity index (χ1) is 13.3. The highest BCUT2D eigenvalue weighted by Gasteiger charge is 2.27. The highest BCUT2D eigenvalue weighted by molar-refractivity contribution is 5.70. The number of allylic oxidation sites excluding steroid dienone is 1. The fraction of sp³-hybridized carbons (Fsp3) is 0.286. The Balaban J connectivity index is 1.65. The minimum Gasteiger partial charge on any atom is -0.481 e. The molecule has 148 valence electrons. The Kier molecular flexibility index (Phi) is 6.04. The normalized spacial score (nSPS) is 19.2. The van der Waals surface area contributed by atoms with Crippen molar-refractivity contribution in [3.63, 3.8) is 0 Å². The van der Waals surface area contributed by atoms with E-state index in [1.54, 1.807) is 18.2 Å². The number of rotatable bonds is 6. The maximum atomic E-state index is 14.0. The monoisotopic (exact) mass is 390 g/mol. The largest absolute Gasteiger partial charge is 0.481 e. The van der Waals surface area contributed by atoms with Crippen LogP contribution in [-0.4, -0.2) is 23.7 Å². The highest BCUT2D eigenvalue weighted by Crippen LogP contribution is 2.33. The number of benzene rings is 2. The number of nitrogens with two attached hydrogens (primary N) is 1. The summed E-state index contributed by atoms with van der Waals surface area (Å²) in [5.41, 5.74) is 8.80. The molecule has 2 aromatic rings. The fourth-order valence-corrected chi connectivity index (χ4v) is 3.50. The quantitative estimate of drug-likeness (QED) is 0.515. The molecule has 4 nitrogen and oxygen atoms in total. The van der Waals surface area contributed by atoms with E-state index in [0.29, 0.717) is 31.0 Å². The van der Waals surface area contributed by atoms with Crippen molar-refractivity contribution in [2.45, 2.75) is 31.2 Å². The number of aliphatic carboxylic acids is 1. The van der Waals surface area contributed by atoms with Gasteiger partial charge in [-0.05, 0) is 42.2 Å². The number of carboxylic acids is 1. The lowest BCUT2D eigenvalue weighted by atomic mass is 9.80. The van der Waals surface area contributed by atoms with Gasteiger partial charge in [-0.1, -0.05) is 23.8 Å². The van der Waals surface area contributed by atoms with E-state index in [0.717, 1.165) is 17.3 Å². The molecule has 0 saturated heterocycles. The smallest absolute Gasteiger partial charge is 0.307 e. The predicted octanol–water partition coefficient (Wildman–Crippen LogP) is 3.97. The Labute approximate surface area is 160 Å². The van der Waals surface area contributed by atoms with E-state index in [2.05, 4.69) is 5.32 Å². The molecule has 0 aliphatic heterocycles.